The van der Waals surface area contributed by atoms with Crippen LogP contribution in [0, 0.1) is 5.92 Å². The van der Waals surface area contributed by atoms with Crippen molar-refractivity contribution in [1.29, 1.82) is 0 Å². The summed E-state index contributed by atoms with van der Waals surface area (Å²) in [6.45, 7) is 2.20. The molecule has 0 aliphatic rings. The van der Waals surface area contributed by atoms with E-state index >= 15 is 0 Å². The van der Waals surface area contributed by atoms with Crippen LogP contribution in [-0.2, 0) is 23.1 Å². The number of nitrogens with zero attached hydrogens (tertiary/aromatic N) is 2. The second-order valence-electron chi connectivity index (χ2n) is 4.53. The summed E-state index contributed by atoms with van der Waals surface area (Å²) in [7, 11) is 1.83. The molecule has 1 unspecified atom stereocenters. The van der Waals surface area contributed by atoms with Gasteiger partial charge in [0.15, 0.2) is 0 Å². The molecule has 6 nitrogen and oxygen atoms in total. The average molecular weight is 253 g/mol. The number of aliphatic carboxylic acids is 1. The van der Waals surface area contributed by atoms with Crippen LogP contribution in [0.4, 0.5) is 0 Å². The number of hydrogen-bond acceptors (Lipinski definition) is 3. The smallest absolute Gasteiger partial charge is 0.303 e. The summed E-state index contributed by atoms with van der Waals surface area (Å²) in [4.78, 5) is 22.0. The first kappa shape index (κ1) is 14.2. The molecule has 1 aromatic heterocycles. The van der Waals surface area contributed by atoms with Gasteiger partial charge < -0.3 is 10.4 Å². The van der Waals surface area contributed by atoms with Gasteiger partial charge in [-0.05, 0) is 17.9 Å². The average Bonchev–Trinajstić information content (AvgIpc) is 2.69. The zero-order chi connectivity index (χ0) is 13.5. The standard InChI is InChI=1S/C12H19N3O3/c1-9(5-12(17)18)6-13-11(16)4-3-10-7-14-15(2)8-10/h7-9H,3-6H2,1-2H3,(H,13,16)(H,17,18). The molecule has 0 aromatic carbocycles. The molecule has 0 saturated carbocycles. The Hall–Kier alpha value is -1.85. The number of hydrogen-bond donors (Lipinski definition) is 2. The summed E-state index contributed by atoms with van der Waals surface area (Å²) in [5.74, 6) is -0.951. The minimum absolute atomic E-state index is 0.0511. The third-order valence-electron chi connectivity index (χ3n) is 2.57. The van der Waals surface area contributed by atoms with Gasteiger partial charge >= 0.3 is 5.97 Å². The molecule has 1 heterocycles. The van der Waals surface area contributed by atoms with Gasteiger partial charge in [0.2, 0.25) is 5.91 Å². The van der Waals surface area contributed by atoms with Crippen LogP contribution in [0.5, 0.6) is 0 Å². The van der Waals surface area contributed by atoms with Crippen molar-refractivity contribution in [2.75, 3.05) is 6.54 Å². The van der Waals surface area contributed by atoms with E-state index in [0.29, 0.717) is 19.4 Å². The van der Waals surface area contributed by atoms with Gasteiger partial charge in [-0.25, -0.2) is 0 Å². The molecule has 100 valence electrons. The van der Waals surface area contributed by atoms with Gasteiger partial charge in [-0.3, -0.25) is 14.3 Å². The Labute approximate surface area is 106 Å². The first-order chi connectivity index (χ1) is 8.47. The van der Waals surface area contributed by atoms with Crippen LogP contribution in [-0.4, -0.2) is 33.3 Å². The predicted molar refractivity (Wildman–Crippen MR) is 66.0 cm³/mol. The topological polar surface area (TPSA) is 84.2 Å². The van der Waals surface area contributed by atoms with Crippen molar-refractivity contribution in [1.82, 2.24) is 15.1 Å². The fraction of sp³-hybridized carbons (Fsp3) is 0.583. The molecule has 1 amide bonds. The van der Waals surface area contributed by atoms with Gasteiger partial charge in [-0.15, -0.1) is 0 Å². The summed E-state index contributed by atoms with van der Waals surface area (Å²) in [6, 6.07) is 0. The highest BCUT2D eigenvalue weighted by atomic mass is 16.4. The van der Waals surface area contributed by atoms with Crippen LogP contribution in [0.2, 0.25) is 0 Å². The number of rotatable bonds is 7. The minimum Gasteiger partial charge on any atom is -0.481 e. The fourth-order valence-corrected chi connectivity index (χ4v) is 1.61. The van der Waals surface area contributed by atoms with Gasteiger partial charge in [0.05, 0.1) is 6.20 Å². The Kier molecular flexibility index (Phi) is 5.35. The fourth-order valence-electron chi connectivity index (χ4n) is 1.61. The lowest BCUT2D eigenvalue weighted by atomic mass is 10.1. The van der Waals surface area contributed by atoms with Crippen molar-refractivity contribution in [3.63, 3.8) is 0 Å². The van der Waals surface area contributed by atoms with Crippen LogP contribution in [0.15, 0.2) is 12.4 Å². The molecule has 1 atom stereocenters. The molecule has 1 aromatic rings. The highest BCUT2D eigenvalue weighted by Gasteiger charge is 2.09. The largest absolute Gasteiger partial charge is 0.481 e. The summed E-state index contributed by atoms with van der Waals surface area (Å²) in [5, 5.41) is 15.3. The lowest BCUT2D eigenvalue weighted by Crippen LogP contribution is -2.29. The van der Waals surface area contributed by atoms with E-state index in [2.05, 4.69) is 10.4 Å². The summed E-state index contributed by atoms with van der Waals surface area (Å²) < 4.78 is 1.70. The van der Waals surface area contributed by atoms with Crippen molar-refractivity contribution < 1.29 is 14.7 Å². The Morgan fingerprint density at radius 3 is 2.83 bits per heavy atom. The normalized spacial score (nSPS) is 12.1. The third kappa shape index (κ3) is 5.47. The number of carbonyl (C=O) groups excluding carboxylic acids is 1. The molecule has 0 saturated heterocycles. The molecule has 0 spiro atoms. The van der Waals surface area contributed by atoms with Crippen LogP contribution < -0.4 is 5.32 Å². The molecule has 0 bridgehead atoms. The minimum atomic E-state index is -0.841. The van der Waals surface area contributed by atoms with Crippen LogP contribution in [0.3, 0.4) is 0 Å². The zero-order valence-electron chi connectivity index (χ0n) is 10.7. The van der Waals surface area contributed by atoms with E-state index in [1.165, 1.54) is 0 Å². The SMILES string of the molecule is CC(CNC(=O)CCc1cnn(C)c1)CC(=O)O. The molecule has 0 aliphatic carbocycles. The maximum atomic E-state index is 11.5. The Morgan fingerprint density at radius 2 is 2.28 bits per heavy atom. The van der Waals surface area contributed by atoms with E-state index in [1.807, 2.05) is 13.2 Å². The van der Waals surface area contributed by atoms with Crippen LogP contribution >= 0.6 is 0 Å². The van der Waals surface area contributed by atoms with E-state index in [4.69, 9.17) is 5.11 Å². The molecular weight excluding hydrogens is 234 g/mol. The van der Waals surface area contributed by atoms with Crippen molar-refractivity contribution in [3.05, 3.63) is 18.0 Å². The molecule has 0 fully saturated rings. The number of amides is 1. The van der Waals surface area contributed by atoms with Crippen molar-refractivity contribution in [2.45, 2.75) is 26.2 Å². The Balaban J connectivity index is 2.19. The number of aryl methyl sites for hydroxylation is 2. The van der Waals surface area contributed by atoms with E-state index in [1.54, 1.807) is 17.8 Å². The number of carbonyl (C=O) groups is 2. The Morgan fingerprint density at radius 1 is 1.56 bits per heavy atom. The first-order valence-corrected chi connectivity index (χ1v) is 5.93. The number of aromatic nitrogens is 2. The first-order valence-electron chi connectivity index (χ1n) is 5.93. The summed E-state index contributed by atoms with van der Waals surface area (Å²) in [6.07, 6.45) is 4.72. The molecule has 0 aliphatic heterocycles. The summed E-state index contributed by atoms with van der Waals surface area (Å²) >= 11 is 0. The molecule has 2 N–H and O–H groups in total. The van der Waals surface area contributed by atoms with E-state index in [-0.39, 0.29) is 18.2 Å². The molecule has 6 heteroatoms. The number of carboxylic acids is 1. The molecule has 0 radical (unpaired) electrons. The lowest BCUT2D eigenvalue weighted by Gasteiger charge is -2.09. The lowest BCUT2D eigenvalue weighted by molar-refractivity contribution is -0.138. The Bertz CT molecular complexity index is 414. The van der Waals surface area contributed by atoms with Gasteiger partial charge in [0.25, 0.3) is 0 Å². The number of nitrogens with one attached hydrogen (secondary N) is 1. The maximum absolute atomic E-state index is 11.5. The van der Waals surface area contributed by atoms with E-state index in [9.17, 15) is 9.59 Å². The monoisotopic (exact) mass is 253 g/mol. The van der Waals surface area contributed by atoms with Gasteiger partial charge in [0.1, 0.15) is 0 Å². The van der Waals surface area contributed by atoms with Crippen LogP contribution in [0.1, 0.15) is 25.3 Å². The van der Waals surface area contributed by atoms with Crippen molar-refractivity contribution in [3.8, 4) is 0 Å². The second kappa shape index (κ2) is 6.78. The van der Waals surface area contributed by atoms with Gasteiger partial charge in [0, 0.05) is 32.6 Å². The van der Waals surface area contributed by atoms with E-state index < -0.39 is 5.97 Å². The van der Waals surface area contributed by atoms with E-state index in [0.717, 1.165) is 5.56 Å². The molecular formula is C12H19N3O3. The third-order valence-corrected chi connectivity index (χ3v) is 2.57. The van der Waals surface area contributed by atoms with Crippen LogP contribution in [0.25, 0.3) is 0 Å². The predicted octanol–water partition coefficient (Wildman–Crippen LogP) is 0.580. The molecule has 1 rings (SSSR count). The summed E-state index contributed by atoms with van der Waals surface area (Å²) in [5.41, 5.74) is 1.02. The van der Waals surface area contributed by atoms with Gasteiger partial charge in [-0.2, -0.15) is 5.10 Å². The maximum Gasteiger partial charge on any atom is 0.303 e. The highest BCUT2D eigenvalue weighted by molar-refractivity contribution is 5.76. The van der Waals surface area contributed by atoms with Gasteiger partial charge in [-0.1, -0.05) is 6.92 Å². The zero-order valence-corrected chi connectivity index (χ0v) is 10.7. The number of carboxylic acid groups (broad SMARTS) is 1. The van der Waals surface area contributed by atoms with Crippen molar-refractivity contribution >= 4 is 11.9 Å². The van der Waals surface area contributed by atoms with Crippen molar-refractivity contribution in [2.24, 2.45) is 13.0 Å². The molecule has 18 heavy (non-hydrogen) atoms. The second-order valence-corrected chi connectivity index (χ2v) is 4.53. The highest BCUT2D eigenvalue weighted by Crippen LogP contribution is 2.02. The quantitative estimate of drug-likeness (QED) is 0.744.